The normalized spacial score (nSPS) is 15.2. The molecule has 1 amide bonds. The highest BCUT2D eigenvalue weighted by atomic mass is 32.2. The zero-order chi connectivity index (χ0) is 18.0. The molecule has 1 aliphatic heterocycles. The van der Waals surface area contributed by atoms with Crippen LogP contribution in [0.3, 0.4) is 0 Å². The molecular weight excluding hydrogens is 336 g/mol. The van der Waals surface area contributed by atoms with Crippen LogP contribution in [-0.2, 0) is 21.4 Å². The van der Waals surface area contributed by atoms with Gasteiger partial charge in [-0.2, -0.15) is 4.31 Å². The van der Waals surface area contributed by atoms with Crippen molar-refractivity contribution in [1.82, 2.24) is 4.31 Å². The van der Waals surface area contributed by atoms with E-state index in [1.165, 1.54) is 4.31 Å². The van der Waals surface area contributed by atoms with Gasteiger partial charge in [-0.05, 0) is 42.7 Å². The van der Waals surface area contributed by atoms with Crippen molar-refractivity contribution < 1.29 is 13.2 Å². The van der Waals surface area contributed by atoms with Gasteiger partial charge in [0, 0.05) is 32.2 Å². The van der Waals surface area contributed by atoms with Gasteiger partial charge in [0.2, 0.25) is 15.9 Å². The molecule has 6 heteroatoms. The predicted octanol–water partition coefficient (Wildman–Crippen LogP) is 2.94. The van der Waals surface area contributed by atoms with Gasteiger partial charge in [0.05, 0.1) is 4.90 Å². The van der Waals surface area contributed by atoms with Crippen LogP contribution in [0.4, 0.5) is 5.69 Å². The molecule has 0 bridgehead atoms. The molecule has 0 atom stereocenters. The summed E-state index contributed by atoms with van der Waals surface area (Å²) in [5, 5.41) is 0. The molecular formula is C19H22N2O3S. The van der Waals surface area contributed by atoms with Crippen molar-refractivity contribution >= 4 is 21.6 Å². The smallest absolute Gasteiger partial charge is 0.243 e. The molecule has 0 aromatic heterocycles. The quantitative estimate of drug-likeness (QED) is 0.826. The number of carbonyl (C=O) groups is 1. The number of anilines is 1. The molecule has 1 heterocycles. The summed E-state index contributed by atoms with van der Waals surface area (Å²) >= 11 is 0. The topological polar surface area (TPSA) is 57.7 Å². The summed E-state index contributed by atoms with van der Waals surface area (Å²) in [6.45, 7) is 2.78. The van der Waals surface area contributed by atoms with E-state index in [9.17, 15) is 13.2 Å². The zero-order valence-electron chi connectivity index (χ0n) is 14.5. The van der Waals surface area contributed by atoms with Gasteiger partial charge in [0.15, 0.2) is 0 Å². The zero-order valence-corrected chi connectivity index (χ0v) is 15.3. The van der Waals surface area contributed by atoms with E-state index in [1.54, 1.807) is 37.1 Å². The number of benzene rings is 2. The molecule has 0 unspecified atom stereocenters. The van der Waals surface area contributed by atoms with Gasteiger partial charge in [-0.1, -0.05) is 30.3 Å². The molecule has 0 radical (unpaired) electrons. The molecule has 2 aromatic rings. The van der Waals surface area contributed by atoms with Crippen molar-refractivity contribution in [2.24, 2.45) is 0 Å². The van der Waals surface area contributed by atoms with E-state index in [0.29, 0.717) is 25.1 Å². The second-order valence-corrected chi connectivity index (χ2v) is 8.36. The summed E-state index contributed by atoms with van der Waals surface area (Å²) in [6.07, 6.45) is 1.40. The first-order chi connectivity index (χ1) is 11.9. The van der Waals surface area contributed by atoms with E-state index < -0.39 is 10.0 Å². The first-order valence-corrected chi connectivity index (χ1v) is 9.75. The highest BCUT2D eigenvalue weighted by Crippen LogP contribution is 2.27. The lowest BCUT2D eigenvalue weighted by Crippen LogP contribution is -2.27. The van der Waals surface area contributed by atoms with Crippen LogP contribution in [-0.4, -0.2) is 32.2 Å². The van der Waals surface area contributed by atoms with Crippen LogP contribution in [0.2, 0.25) is 0 Å². The number of carbonyl (C=O) groups excluding carboxylic acids is 1. The molecule has 3 rings (SSSR count). The minimum Gasteiger partial charge on any atom is -0.312 e. The van der Waals surface area contributed by atoms with Crippen molar-refractivity contribution in [2.45, 2.75) is 31.2 Å². The van der Waals surface area contributed by atoms with E-state index in [1.807, 2.05) is 30.3 Å². The van der Waals surface area contributed by atoms with E-state index >= 15 is 0 Å². The molecule has 1 saturated heterocycles. The third-order valence-corrected chi connectivity index (χ3v) is 6.44. The minimum absolute atomic E-state index is 0.0937. The number of aryl methyl sites for hydroxylation is 1. The van der Waals surface area contributed by atoms with Crippen molar-refractivity contribution in [1.29, 1.82) is 0 Å². The summed E-state index contributed by atoms with van der Waals surface area (Å²) < 4.78 is 27.2. The number of nitrogens with zero attached hydrogens (tertiary/aromatic N) is 2. The first-order valence-electron chi connectivity index (χ1n) is 8.31. The largest absolute Gasteiger partial charge is 0.312 e. The van der Waals surface area contributed by atoms with Crippen LogP contribution in [0.25, 0.3) is 0 Å². The number of sulfonamides is 1. The Hall–Kier alpha value is -2.18. The van der Waals surface area contributed by atoms with Gasteiger partial charge < -0.3 is 4.90 Å². The van der Waals surface area contributed by atoms with Crippen molar-refractivity contribution in [2.75, 3.05) is 18.5 Å². The molecule has 0 spiro atoms. The fraction of sp³-hybridized carbons (Fsp3) is 0.316. The molecule has 1 fully saturated rings. The Morgan fingerprint density at radius 1 is 1.12 bits per heavy atom. The Bertz CT molecular complexity index is 879. The van der Waals surface area contributed by atoms with Gasteiger partial charge in [0.1, 0.15) is 0 Å². The monoisotopic (exact) mass is 358 g/mol. The van der Waals surface area contributed by atoms with Crippen LogP contribution < -0.4 is 4.90 Å². The maximum absolute atomic E-state index is 12.9. The summed E-state index contributed by atoms with van der Waals surface area (Å²) in [5.41, 5.74) is 2.35. The van der Waals surface area contributed by atoms with E-state index in [-0.39, 0.29) is 10.8 Å². The summed E-state index contributed by atoms with van der Waals surface area (Å²) in [5.74, 6) is 0.0937. The number of hydrogen-bond donors (Lipinski definition) is 0. The lowest BCUT2D eigenvalue weighted by Gasteiger charge is -2.21. The molecule has 0 aliphatic carbocycles. The lowest BCUT2D eigenvalue weighted by atomic mass is 10.2. The average Bonchev–Trinajstić information content (AvgIpc) is 3.01. The average molecular weight is 358 g/mol. The fourth-order valence-electron chi connectivity index (χ4n) is 3.11. The standard InChI is InChI=1S/C19H22N2O3S/c1-15-13-17(21-12-6-9-19(21)22)10-11-18(15)25(23,24)20(2)14-16-7-4-3-5-8-16/h3-5,7-8,10-11,13H,6,9,12,14H2,1-2H3. The lowest BCUT2D eigenvalue weighted by molar-refractivity contribution is -0.117. The maximum atomic E-state index is 12.9. The van der Waals surface area contributed by atoms with Crippen molar-refractivity contribution in [3.63, 3.8) is 0 Å². The summed E-state index contributed by atoms with van der Waals surface area (Å²) in [7, 11) is -2.01. The highest BCUT2D eigenvalue weighted by molar-refractivity contribution is 7.89. The number of rotatable bonds is 5. The Kier molecular flexibility index (Phi) is 4.92. The Morgan fingerprint density at radius 2 is 1.84 bits per heavy atom. The van der Waals surface area contributed by atoms with Crippen LogP contribution >= 0.6 is 0 Å². The molecule has 25 heavy (non-hydrogen) atoms. The summed E-state index contributed by atoms with van der Waals surface area (Å²) in [6, 6.07) is 14.6. The second-order valence-electron chi connectivity index (χ2n) is 6.35. The third kappa shape index (κ3) is 3.60. The van der Waals surface area contributed by atoms with Crippen LogP contribution in [0.5, 0.6) is 0 Å². The SMILES string of the molecule is Cc1cc(N2CCCC2=O)ccc1S(=O)(=O)N(C)Cc1ccccc1. The molecule has 132 valence electrons. The van der Waals surface area contributed by atoms with Crippen LogP contribution in [0.1, 0.15) is 24.0 Å². The van der Waals surface area contributed by atoms with Gasteiger partial charge in [0.25, 0.3) is 0 Å². The summed E-state index contributed by atoms with van der Waals surface area (Å²) in [4.78, 5) is 13.9. The van der Waals surface area contributed by atoms with Crippen LogP contribution in [0.15, 0.2) is 53.4 Å². The third-order valence-electron chi connectivity index (χ3n) is 4.48. The highest BCUT2D eigenvalue weighted by Gasteiger charge is 2.26. The number of hydrogen-bond acceptors (Lipinski definition) is 3. The predicted molar refractivity (Wildman–Crippen MR) is 97.9 cm³/mol. The Morgan fingerprint density at radius 3 is 2.44 bits per heavy atom. The Labute approximate surface area is 148 Å². The van der Waals surface area contributed by atoms with Gasteiger partial charge in [-0.25, -0.2) is 8.42 Å². The first kappa shape index (κ1) is 17.6. The molecule has 5 nitrogen and oxygen atoms in total. The molecule has 0 N–H and O–H groups in total. The van der Waals surface area contributed by atoms with E-state index in [0.717, 1.165) is 17.7 Å². The maximum Gasteiger partial charge on any atom is 0.243 e. The second kappa shape index (κ2) is 6.98. The van der Waals surface area contributed by atoms with E-state index in [2.05, 4.69) is 0 Å². The minimum atomic E-state index is -3.59. The van der Waals surface area contributed by atoms with Gasteiger partial charge in [-0.15, -0.1) is 0 Å². The molecule has 1 aliphatic rings. The van der Waals surface area contributed by atoms with Crippen molar-refractivity contribution in [3.05, 3.63) is 59.7 Å². The van der Waals surface area contributed by atoms with Crippen LogP contribution in [0, 0.1) is 6.92 Å². The Balaban J connectivity index is 1.85. The van der Waals surface area contributed by atoms with E-state index in [4.69, 9.17) is 0 Å². The molecule has 2 aromatic carbocycles. The molecule has 0 saturated carbocycles. The fourth-order valence-corrected chi connectivity index (χ4v) is 4.47. The van der Waals surface area contributed by atoms with Crippen molar-refractivity contribution in [3.8, 4) is 0 Å². The van der Waals surface area contributed by atoms with Gasteiger partial charge >= 0.3 is 0 Å². The van der Waals surface area contributed by atoms with Gasteiger partial charge in [-0.3, -0.25) is 4.79 Å². The number of amides is 1.